The lowest BCUT2D eigenvalue weighted by Crippen LogP contribution is -2.09. The van der Waals surface area contributed by atoms with Gasteiger partial charge in [0.2, 0.25) is 0 Å². The summed E-state index contributed by atoms with van der Waals surface area (Å²) in [6.07, 6.45) is -0.468. The zero-order chi connectivity index (χ0) is 13.7. The lowest BCUT2D eigenvalue weighted by atomic mass is 10.1. The zero-order valence-corrected chi connectivity index (χ0v) is 11.0. The van der Waals surface area contributed by atoms with E-state index in [-0.39, 0.29) is 5.82 Å². The van der Waals surface area contributed by atoms with Crippen LogP contribution in [0.5, 0.6) is 0 Å². The second-order valence-corrected chi connectivity index (χ2v) is 3.96. The monoisotopic (exact) mass is 264 g/mol. The van der Waals surface area contributed by atoms with Gasteiger partial charge in [-0.05, 0) is 32.0 Å². The van der Waals surface area contributed by atoms with Crippen LogP contribution in [0, 0.1) is 5.82 Å². The predicted molar refractivity (Wildman–Crippen MR) is 70.0 cm³/mol. The Balaban J connectivity index is 2.22. The minimum Gasteiger partial charge on any atom is -0.347 e. The molecule has 1 aromatic carbocycles. The summed E-state index contributed by atoms with van der Waals surface area (Å²) < 4.78 is 24.1. The molecule has 0 aliphatic heterocycles. The maximum atomic E-state index is 13.2. The number of aromatic amines is 1. The Morgan fingerprint density at radius 2 is 1.95 bits per heavy atom. The quantitative estimate of drug-likeness (QED) is 0.814. The Kier molecular flexibility index (Phi) is 4.65. The number of nitrogens with one attached hydrogen (secondary N) is 1. The number of H-pyrrole nitrogens is 1. The van der Waals surface area contributed by atoms with Crippen molar-refractivity contribution in [3.63, 3.8) is 0 Å². The summed E-state index contributed by atoms with van der Waals surface area (Å²) in [4.78, 5) is 0. The van der Waals surface area contributed by atoms with Gasteiger partial charge < -0.3 is 9.47 Å². The molecule has 1 heterocycles. The minimum absolute atomic E-state index is 0.284. The number of halogens is 1. The van der Waals surface area contributed by atoms with Crippen molar-refractivity contribution in [3.05, 3.63) is 41.8 Å². The van der Waals surface area contributed by atoms with Crippen LogP contribution >= 0.6 is 0 Å². The van der Waals surface area contributed by atoms with Crippen LogP contribution in [0.1, 0.15) is 25.8 Å². The molecular formula is C14H17FN2O2. The fourth-order valence-corrected chi connectivity index (χ4v) is 1.78. The van der Waals surface area contributed by atoms with E-state index in [1.165, 1.54) is 12.1 Å². The number of nitrogens with zero attached hydrogens (tertiary/aromatic N) is 1. The van der Waals surface area contributed by atoms with Gasteiger partial charge in [-0.25, -0.2) is 4.39 Å². The van der Waals surface area contributed by atoms with E-state index in [0.29, 0.717) is 24.5 Å². The van der Waals surface area contributed by atoms with Gasteiger partial charge in [0.25, 0.3) is 0 Å². The van der Waals surface area contributed by atoms with E-state index in [4.69, 9.17) is 9.47 Å². The standard InChI is InChI=1S/C14H17FN2O2/c1-3-18-14(19-4-2)13-9-12(16-17-13)10-6-5-7-11(15)8-10/h5-9,14H,3-4H2,1-2H3,(H,16,17). The molecule has 1 N–H and O–H groups in total. The molecule has 0 aliphatic rings. The number of hydrogen-bond acceptors (Lipinski definition) is 3. The molecule has 19 heavy (non-hydrogen) atoms. The molecule has 0 saturated heterocycles. The molecule has 0 amide bonds. The van der Waals surface area contributed by atoms with Gasteiger partial charge in [0.05, 0.1) is 11.4 Å². The summed E-state index contributed by atoms with van der Waals surface area (Å²) in [6, 6.07) is 8.11. The molecule has 0 saturated carbocycles. The van der Waals surface area contributed by atoms with E-state index >= 15 is 0 Å². The molecule has 0 spiro atoms. The smallest absolute Gasteiger partial charge is 0.200 e. The van der Waals surface area contributed by atoms with Gasteiger partial charge in [-0.2, -0.15) is 5.10 Å². The highest BCUT2D eigenvalue weighted by molar-refractivity contribution is 5.59. The lowest BCUT2D eigenvalue weighted by Gasteiger charge is -2.14. The normalized spacial score (nSPS) is 11.2. The van der Waals surface area contributed by atoms with Gasteiger partial charge in [0, 0.05) is 18.8 Å². The first kappa shape index (κ1) is 13.7. The summed E-state index contributed by atoms with van der Waals surface area (Å²) in [6.45, 7) is 4.88. The molecule has 0 bridgehead atoms. The van der Waals surface area contributed by atoms with Crippen LogP contribution in [0.3, 0.4) is 0 Å². The summed E-state index contributed by atoms with van der Waals surface area (Å²) in [5.74, 6) is -0.284. The van der Waals surface area contributed by atoms with Gasteiger partial charge in [0.15, 0.2) is 6.29 Å². The number of ether oxygens (including phenoxy) is 2. The molecule has 2 aromatic rings. The second kappa shape index (κ2) is 6.45. The summed E-state index contributed by atoms with van der Waals surface area (Å²) in [5, 5.41) is 7.03. The highest BCUT2D eigenvalue weighted by Crippen LogP contribution is 2.23. The van der Waals surface area contributed by atoms with E-state index in [0.717, 1.165) is 5.69 Å². The van der Waals surface area contributed by atoms with Crippen molar-refractivity contribution in [2.75, 3.05) is 13.2 Å². The molecule has 102 valence electrons. The Labute approximate surface area is 111 Å². The first-order valence-corrected chi connectivity index (χ1v) is 6.29. The molecule has 2 rings (SSSR count). The van der Waals surface area contributed by atoms with Crippen LogP contribution in [0.15, 0.2) is 30.3 Å². The van der Waals surface area contributed by atoms with Crippen molar-refractivity contribution in [1.82, 2.24) is 10.2 Å². The van der Waals surface area contributed by atoms with Crippen molar-refractivity contribution in [2.45, 2.75) is 20.1 Å². The number of rotatable bonds is 6. The maximum absolute atomic E-state index is 13.2. The highest BCUT2D eigenvalue weighted by atomic mass is 19.1. The molecule has 1 aromatic heterocycles. The van der Waals surface area contributed by atoms with Crippen LogP contribution < -0.4 is 0 Å². The summed E-state index contributed by atoms with van der Waals surface area (Å²) >= 11 is 0. The summed E-state index contributed by atoms with van der Waals surface area (Å²) in [7, 11) is 0. The molecule has 0 atom stereocenters. The van der Waals surface area contributed by atoms with Crippen molar-refractivity contribution < 1.29 is 13.9 Å². The fourth-order valence-electron chi connectivity index (χ4n) is 1.78. The first-order chi connectivity index (χ1) is 9.24. The van der Waals surface area contributed by atoms with E-state index in [1.54, 1.807) is 12.1 Å². The van der Waals surface area contributed by atoms with Crippen LogP contribution in [0.2, 0.25) is 0 Å². The molecule has 4 nitrogen and oxygen atoms in total. The first-order valence-electron chi connectivity index (χ1n) is 6.29. The van der Waals surface area contributed by atoms with Gasteiger partial charge in [-0.15, -0.1) is 0 Å². The third kappa shape index (κ3) is 3.39. The SMILES string of the molecule is CCOC(OCC)c1cc(-c2cccc(F)c2)n[nH]1. The molecule has 0 fully saturated rings. The van der Waals surface area contributed by atoms with Gasteiger partial charge >= 0.3 is 0 Å². The number of hydrogen-bond donors (Lipinski definition) is 1. The molecule has 0 radical (unpaired) electrons. The van der Waals surface area contributed by atoms with Crippen molar-refractivity contribution in [2.24, 2.45) is 0 Å². The lowest BCUT2D eigenvalue weighted by molar-refractivity contribution is -0.142. The second-order valence-electron chi connectivity index (χ2n) is 3.96. The number of benzene rings is 1. The fraction of sp³-hybridized carbons (Fsp3) is 0.357. The molecular weight excluding hydrogens is 247 g/mol. The third-order valence-corrected chi connectivity index (χ3v) is 2.61. The van der Waals surface area contributed by atoms with Crippen LogP contribution in [-0.4, -0.2) is 23.4 Å². The molecule has 0 aliphatic carbocycles. The Hall–Kier alpha value is -1.72. The summed E-state index contributed by atoms with van der Waals surface area (Å²) in [5.41, 5.74) is 2.11. The topological polar surface area (TPSA) is 47.1 Å². The molecule has 0 unspecified atom stereocenters. The maximum Gasteiger partial charge on any atom is 0.200 e. The number of aromatic nitrogens is 2. The van der Waals surface area contributed by atoms with E-state index in [2.05, 4.69) is 10.2 Å². The van der Waals surface area contributed by atoms with E-state index < -0.39 is 6.29 Å². The van der Waals surface area contributed by atoms with Gasteiger partial charge in [-0.3, -0.25) is 5.10 Å². The Morgan fingerprint density at radius 1 is 1.21 bits per heavy atom. The van der Waals surface area contributed by atoms with Crippen molar-refractivity contribution >= 4 is 0 Å². The highest BCUT2D eigenvalue weighted by Gasteiger charge is 2.15. The zero-order valence-electron chi connectivity index (χ0n) is 11.0. The van der Waals surface area contributed by atoms with E-state index in [9.17, 15) is 4.39 Å². The minimum atomic E-state index is -0.468. The van der Waals surface area contributed by atoms with Crippen LogP contribution in [0.25, 0.3) is 11.3 Å². The van der Waals surface area contributed by atoms with Crippen molar-refractivity contribution in [3.8, 4) is 11.3 Å². The van der Waals surface area contributed by atoms with Crippen LogP contribution in [-0.2, 0) is 9.47 Å². The largest absolute Gasteiger partial charge is 0.347 e. The molecule has 5 heteroatoms. The van der Waals surface area contributed by atoms with Gasteiger partial charge in [-0.1, -0.05) is 12.1 Å². The Bertz CT molecular complexity index is 522. The Morgan fingerprint density at radius 3 is 2.58 bits per heavy atom. The average Bonchev–Trinajstić information content (AvgIpc) is 2.88. The predicted octanol–water partition coefficient (Wildman–Crippen LogP) is 3.29. The average molecular weight is 264 g/mol. The van der Waals surface area contributed by atoms with Crippen LogP contribution in [0.4, 0.5) is 4.39 Å². The van der Waals surface area contributed by atoms with Crippen molar-refractivity contribution in [1.29, 1.82) is 0 Å². The van der Waals surface area contributed by atoms with Gasteiger partial charge in [0.1, 0.15) is 5.82 Å². The third-order valence-electron chi connectivity index (χ3n) is 2.61. The van der Waals surface area contributed by atoms with E-state index in [1.807, 2.05) is 19.9 Å².